The summed E-state index contributed by atoms with van der Waals surface area (Å²) in [6, 6.07) is 0. The molecule has 0 aromatic carbocycles. The zero-order valence-corrected chi connectivity index (χ0v) is 16.5. The Morgan fingerprint density at radius 3 is 2.42 bits per heavy atom. The van der Waals surface area contributed by atoms with Crippen LogP contribution in [0.25, 0.3) is 0 Å². The predicted octanol–water partition coefficient (Wildman–Crippen LogP) is 6.94. The average molecular weight is 329 g/mol. The van der Waals surface area contributed by atoms with Crippen molar-refractivity contribution in [2.45, 2.75) is 91.4 Å². The van der Waals surface area contributed by atoms with Gasteiger partial charge in [-0.25, -0.2) is 0 Å². The van der Waals surface area contributed by atoms with Crippen LogP contribution in [0, 0.1) is 58.7 Å². The van der Waals surface area contributed by atoms with Crippen molar-refractivity contribution in [2.24, 2.45) is 58.7 Å². The summed E-state index contributed by atoms with van der Waals surface area (Å²) in [5.74, 6) is 10.2. The molecule has 0 N–H and O–H groups in total. The van der Waals surface area contributed by atoms with Crippen LogP contribution in [0.2, 0.25) is 0 Å². The van der Waals surface area contributed by atoms with Gasteiger partial charge in [-0.1, -0.05) is 40.0 Å². The van der Waals surface area contributed by atoms with Gasteiger partial charge in [-0.05, 0) is 110 Å². The maximum Gasteiger partial charge on any atom is -0.0261 e. The maximum absolute atomic E-state index is 2.75. The zero-order chi connectivity index (χ0) is 16.5. The van der Waals surface area contributed by atoms with E-state index >= 15 is 0 Å². The number of fused-ring (bicyclic) bond motifs is 7. The smallest absolute Gasteiger partial charge is 0.0261 e. The van der Waals surface area contributed by atoms with Gasteiger partial charge in [-0.3, -0.25) is 0 Å². The zero-order valence-electron chi connectivity index (χ0n) is 16.5. The molecule has 5 saturated carbocycles. The Morgan fingerprint density at radius 1 is 0.792 bits per heavy atom. The van der Waals surface area contributed by atoms with Gasteiger partial charge < -0.3 is 0 Å². The van der Waals surface area contributed by atoms with E-state index in [0.717, 1.165) is 52.8 Å². The van der Waals surface area contributed by atoms with Crippen LogP contribution in [0.4, 0.5) is 0 Å². The highest BCUT2D eigenvalue weighted by Gasteiger charge is 2.68. The molecule has 9 unspecified atom stereocenters. The van der Waals surface area contributed by atoms with E-state index in [4.69, 9.17) is 0 Å². The van der Waals surface area contributed by atoms with Gasteiger partial charge in [0.05, 0.1) is 0 Å². The molecule has 0 saturated heterocycles. The lowest BCUT2D eigenvalue weighted by Crippen LogP contribution is -2.50. The van der Waals surface area contributed by atoms with Crippen LogP contribution in [0.5, 0.6) is 0 Å². The molecule has 0 nitrogen and oxygen atoms in total. The van der Waals surface area contributed by atoms with Crippen molar-refractivity contribution in [3.63, 3.8) is 0 Å². The number of hydrogen-bond donors (Lipinski definition) is 0. The van der Waals surface area contributed by atoms with Gasteiger partial charge in [0, 0.05) is 0 Å². The molecule has 0 aliphatic heterocycles. The van der Waals surface area contributed by atoms with Crippen molar-refractivity contribution in [3.05, 3.63) is 0 Å². The highest BCUT2D eigenvalue weighted by Crippen LogP contribution is 2.75. The molecule has 24 heavy (non-hydrogen) atoms. The fourth-order valence-corrected chi connectivity index (χ4v) is 9.29. The van der Waals surface area contributed by atoms with Crippen LogP contribution in [-0.4, -0.2) is 0 Å². The second-order valence-corrected chi connectivity index (χ2v) is 10.9. The molecule has 0 bridgehead atoms. The quantitative estimate of drug-likeness (QED) is 0.526. The molecule has 5 aliphatic carbocycles. The van der Waals surface area contributed by atoms with Gasteiger partial charge in [0.2, 0.25) is 0 Å². The summed E-state index contributed by atoms with van der Waals surface area (Å²) < 4.78 is 0. The highest BCUT2D eigenvalue weighted by molar-refractivity contribution is 5.16. The first kappa shape index (κ1) is 16.2. The normalized spacial score (nSPS) is 58.4. The van der Waals surface area contributed by atoms with Gasteiger partial charge in [0.25, 0.3) is 0 Å². The summed E-state index contributed by atoms with van der Waals surface area (Å²) in [6.07, 6.45) is 17.2. The van der Waals surface area contributed by atoms with Gasteiger partial charge in [0.15, 0.2) is 0 Å². The topological polar surface area (TPSA) is 0 Å². The molecule has 0 heteroatoms. The minimum absolute atomic E-state index is 0.748. The molecule has 0 aromatic rings. The third-order valence-corrected chi connectivity index (χ3v) is 10.3. The summed E-state index contributed by atoms with van der Waals surface area (Å²) >= 11 is 0. The van der Waals surface area contributed by atoms with Crippen molar-refractivity contribution in [3.8, 4) is 0 Å². The third kappa shape index (κ3) is 2.16. The Hall–Kier alpha value is 0. The molecule has 5 rings (SSSR count). The summed E-state index contributed by atoms with van der Waals surface area (Å²) in [5.41, 5.74) is 0.748. The van der Waals surface area contributed by atoms with E-state index < -0.39 is 0 Å². The molecule has 0 spiro atoms. The van der Waals surface area contributed by atoms with Crippen LogP contribution in [0.1, 0.15) is 91.4 Å². The molecule has 5 fully saturated rings. The van der Waals surface area contributed by atoms with Gasteiger partial charge >= 0.3 is 0 Å². The van der Waals surface area contributed by atoms with E-state index in [1.807, 2.05) is 0 Å². The van der Waals surface area contributed by atoms with Crippen molar-refractivity contribution < 1.29 is 0 Å². The molecular weight excluding hydrogens is 288 g/mol. The van der Waals surface area contributed by atoms with Crippen molar-refractivity contribution in [1.29, 1.82) is 0 Å². The van der Waals surface area contributed by atoms with Crippen LogP contribution in [0.3, 0.4) is 0 Å². The summed E-state index contributed by atoms with van der Waals surface area (Å²) in [4.78, 5) is 0. The van der Waals surface area contributed by atoms with Crippen molar-refractivity contribution >= 4 is 0 Å². The fourth-order valence-electron chi connectivity index (χ4n) is 9.29. The number of rotatable bonds is 3. The Balaban J connectivity index is 1.38. The molecule has 5 aliphatic rings. The monoisotopic (exact) mass is 328 g/mol. The summed E-state index contributed by atoms with van der Waals surface area (Å²) in [7, 11) is 0. The summed E-state index contributed by atoms with van der Waals surface area (Å²) in [6.45, 7) is 7.61. The van der Waals surface area contributed by atoms with Gasteiger partial charge in [-0.15, -0.1) is 0 Å². The van der Waals surface area contributed by atoms with Crippen LogP contribution >= 0.6 is 0 Å². The molecular formula is C24H40. The standard InChI is InChI=1S/C24H40/c1-4-6-22-20-14-21(20)23-19-10-8-16-13-15(5-2)7-9-17(16)18(19)11-12-24(22,23)3/h15-23H,4-14H2,1-3H3/t15?,16?,17?,18?,19?,20-,21?,22?,23?,24?/m0/s1. The minimum atomic E-state index is 0.748. The highest BCUT2D eigenvalue weighted by atomic mass is 14.7. The second-order valence-electron chi connectivity index (χ2n) is 10.9. The largest absolute Gasteiger partial charge is 0.0654 e. The molecule has 0 amide bonds. The molecule has 10 atom stereocenters. The molecule has 136 valence electrons. The Bertz CT molecular complexity index is 480. The van der Waals surface area contributed by atoms with Crippen LogP contribution < -0.4 is 0 Å². The van der Waals surface area contributed by atoms with E-state index in [0.29, 0.717) is 0 Å². The number of hydrogen-bond acceptors (Lipinski definition) is 0. The molecule has 0 radical (unpaired) electrons. The molecule has 0 heterocycles. The first-order valence-electron chi connectivity index (χ1n) is 11.7. The lowest BCUT2D eigenvalue weighted by atomic mass is 9.48. The van der Waals surface area contributed by atoms with Crippen LogP contribution in [-0.2, 0) is 0 Å². The third-order valence-electron chi connectivity index (χ3n) is 10.3. The predicted molar refractivity (Wildman–Crippen MR) is 102 cm³/mol. The average Bonchev–Trinajstić information content (AvgIpc) is 3.33. The fraction of sp³-hybridized carbons (Fsp3) is 1.00. The lowest BCUT2D eigenvalue weighted by molar-refractivity contribution is -0.0815. The van der Waals surface area contributed by atoms with Crippen LogP contribution in [0.15, 0.2) is 0 Å². The van der Waals surface area contributed by atoms with E-state index in [2.05, 4.69) is 20.8 Å². The van der Waals surface area contributed by atoms with E-state index in [-0.39, 0.29) is 0 Å². The van der Waals surface area contributed by atoms with E-state index in [1.165, 1.54) is 25.2 Å². The van der Waals surface area contributed by atoms with Gasteiger partial charge in [-0.2, -0.15) is 0 Å². The van der Waals surface area contributed by atoms with Crippen molar-refractivity contribution in [2.75, 3.05) is 0 Å². The Labute approximate surface area is 150 Å². The van der Waals surface area contributed by atoms with Gasteiger partial charge in [0.1, 0.15) is 0 Å². The second kappa shape index (κ2) is 5.75. The minimum Gasteiger partial charge on any atom is -0.0654 e. The van der Waals surface area contributed by atoms with Crippen molar-refractivity contribution in [1.82, 2.24) is 0 Å². The summed E-state index contributed by atoms with van der Waals surface area (Å²) in [5, 5.41) is 0. The SMILES string of the molecule is CCCC1[C@H]2CC2C2C3CCC4CC(CC)CCC4C3CCC21C. The first-order valence-corrected chi connectivity index (χ1v) is 11.7. The lowest BCUT2D eigenvalue weighted by Gasteiger charge is -2.57. The Kier molecular flexibility index (Phi) is 3.88. The van der Waals surface area contributed by atoms with E-state index in [1.54, 1.807) is 51.4 Å². The Morgan fingerprint density at radius 2 is 1.62 bits per heavy atom. The van der Waals surface area contributed by atoms with E-state index in [9.17, 15) is 0 Å². The first-order chi connectivity index (χ1) is 11.7. The molecule has 0 aromatic heterocycles. The maximum atomic E-state index is 2.75.